The van der Waals surface area contributed by atoms with Gasteiger partial charge in [-0.1, -0.05) is 18.2 Å². The predicted molar refractivity (Wildman–Crippen MR) is 135 cm³/mol. The van der Waals surface area contributed by atoms with Crippen LogP contribution in [0.4, 0.5) is 5.82 Å². The fourth-order valence-electron chi connectivity index (χ4n) is 2.56. The first-order chi connectivity index (χ1) is 14.4. The Morgan fingerprint density at radius 2 is 1.77 bits per heavy atom. The van der Waals surface area contributed by atoms with Crippen molar-refractivity contribution < 1.29 is 9.59 Å². The van der Waals surface area contributed by atoms with E-state index in [0.717, 1.165) is 11.1 Å². The van der Waals surface area contributed by atoms with Crippen LogP contribution in [0.5, 0.6) is 0 Å². The number of aryl methyl sites for hydroxylation is 1. The maximum Gasteiger partial charge on any atom is 0.253 e. The largest absolute Gasteiger partial charge is 0.357 e. The molecule has 0 saturated heterocycles. The van der Waals surface area contributed by atoms with Crippen molar-refractivity contribution in [2.45, 2.75) is 26.8 Å². The minimum Gasteiger partial charge on any atom is -0.357 e. The first-order valence-electron chi connectivity index (χ1n) is 9.94. The van der Waals surface area contributed by atoms with Gasteiger partial charge in [-0.25, -0.2) is 9.98 Å². The van der Waals surface area contributed by atoms with E-state index in [9.17, 15) is 9.59 Å². The van der Waals surface area contributed by atoms with E-state index in [2.05, 4.69) is 25.9 Å². The smallest absolute Gasteiger partial charge is 0.253 e. The zero-order valence-electron chi connectivity index (χ0n) is 18.4. The average Bonchev–Trinajstić information content (AvgIpc) is 2.73. The van der Waals surface area contributed by atoms with Gasteiger partial charge < -0.3 is 20.9 Å². The number of nitrogens with one attached hydrogen (secondary N) is 3. The van der Waals surface area contributed by atoms with Crippen molar-refractivity contribution in [3.63, 3.8) is 0 Å². The normalized spacial score (nSPS) is 10.6. The van der Waals surface area contributed by atoms with Gasteiger partial charge in [-0.3, -0.25) is 9.59 Å². The molecule has 0 aliphatic carbocycles. The lowest BCUT2D eigenvalue weighted by Crippen LogP contribution is -2.38. The van der Waals surface area contributed by atoms with E-state index in [-0.39, 0.29) is 35.8 Å². The Hall–Kier alpha value is -2.69. The molecule has 3 N–H and O–H groups in total. The SMILES string of the molecule is CCNC(=NCc1ccc(C(=O)N(C)C)cc1)NCCC(=O)Nc1ccc(C)cn1.I. The molecule has 168 valence electrons. The third-order valence-corrected chi connectivity index (χ3v) is 4.19. The highest BCUT2D eigenvalue weighted by Gasteiger charge is 2.07. The molecule has 0 aliphatic heterocycles. The second-order valence-corrected chi connectivity index (χ2v) is 7.04. The van der Waals surface area contributed by atoms with Crippen LogP contribution in [0.15, 0.2) is 47.6 Å². The van der Waals surface area contributed by atoms with Crippen LogP contribution in [0, 0.1) is 6.92 Å². The van der Waals surface area contributed by atoms with Crippen molar-refractivity contribution in [1.29, 1.82) is 0 Å². The minimum atomic E-state index is -0.115. The number of carbonyl (C=O) groups excluding carboxylic acids is 2. The Bertz CT molecular complexity index is 867. The van der Waals surface area contributed by atoms with Crippen molar-refractivity contribution >= 4 is 47.6 Å². The molecule has 0 atom stereocenters. The zero-order valence-corrected chi connectivity index (χ0v) is 20.8. The van der Waals surface area contributed by atoms with Crippen LogP contribution in [-0.4, -0.2) is 54.8 Å². The van der Waals surface area contributed by atoms with Crippen LogP contribution in [0.25, 0.3) is 0 Å². The van der Waals surface area contributed by atoms with Gasteiger partial charge in [0, 0.05) is 45.4 Å². The molecule has 2 aromatic rings. The van der Waals surface area contributed by atoms with Gasteiger partial charge in [0.15, 0.2) is 5.96 Å². The van der Waals surface area contributed by atoms with Gasteiger partial charge in [-0.05, 0) is 43.2 Å². The number of aliphatic imine (C=N–C) groups is 1. The third-order valence-electron chi connectivity index (χ3n) is 4.19. The first kappa shape index (κ1) is 26.3. The summed E-state index contributed by atoms with van der Waals surface area (Å²) in [6, 6.07) is 11.1. The first-order valence-corrected chi connectivity index (χ1v) is 9.94. The lowest BCUT2D eigenvalue weighted by atomic mass is 10.1. The number of hydrogen-bond acceptors (Lipinski definition) is 4. The molecule has 0 radical (unpaired) electrons. The summed E-state index contributed by atoms with van der Waals surface area (Å²) < 4.78 is 0. The van der Waals surface area contributed by atoms with E-state index in [0.29, 0.717) is 43.4 Å². The van der Waals surface area contributed by atoms with Crippen LogP contribution in [-0.2, 0) is 11.3 Å². The standard InChI is InChI=1S/C22H30N6O2.HI/c1-5-23-22(24-13-12-20(29)27-19-11-6-16(2)14-25-19)26-15-17-7-9-18(10-8-17)21(30)28(3)4;/h6-11,14H,5,12-13,15H2,1-4H3,(H2,23,24,26)(H,25,27,29);1H. The number of aromatic nitrogens is 1. The van der Waals surface area contributed by atoms with E-state index in [4.69, 9.17) is 0 Å². The summed E-state index contributed by atoms with van der Waals surface area (Å²) in [7, 11) is 3.46. The lowest BCUT2D eigenvalue weighted by molar-refractivity contribution is -0.116. The number of hydrogen-bond donors (Lipinski definition) is 3. The van der Waals surface area contributed by atoms with E-state index >= 15 is 0 Å². The second kappa shape index (κ2) is 13.6. The average molecular weight is 538 g/mol. The summed E-state index contributed by atoms with van der Waals surface area (Å²) in [4.78, 5) is 34.3. The number of anilines is 1. The quantitative estimate of drug-likeness (QED) is 0.273. The van der Waals surface area contributed by atoms with E-state index in [1.54, 1.807) is 43.4 Å². The van der Waals surface area contributed by atoms with Crippen molar-refractivity contribution in [1.82, 2.24) is 20.5 Å². The number of nitrogens with zero attached hydrogens (tertiary/aromatic N) is 3. The summed E-state index contributed by atoms with van der Waals surface area (Å²) in [6.07, 6.45) is 2.01. The number of carbonyl (C=O) groups is 2. The number of pyridine rings is 1. The summed E-state index contributed by atoms with van der Waals surface area (Å²) in [5.74, 6) is 1.03. The lowest BCUT2D eigenvalue weighted by Gasteiger charge is -2.12. The van der Waals surface area contributed by atoms with Crippen molar-refractivity contribution in [3.05, 3.63) is 59.3 Å². The van der Waals surface area contributed by atoms with Crippen molar-refractivity contribution in [2.75, 3.05) is 32.5 Å². The zero-order chi connectivity index (χ0) is 21.9. The topological polar surface area (TPSA) is 98.7 Å². The summed E-state index contributed by atoms with van der Waals surface area (Å²) >= 11 is 0. The van der Waals surface area contributed by atoms with Gasteiger partial charge in [0.25, 0.3) is 5.91 Å². The monoisotopic (exact) mass is 538 g/mol. The van der Waals surface area contributed by atoms with Gasteiger partial charge in [0.1, 0.15) is 5.82 Å². The molecular weight excluding hydrogens is 507 g/mol. The fourth-order valence-corrected chi connectivity index (χ4v) is 2.56. The molecule has 0 aliphatic rings. The highest BCUT2D eigenvalue weighted by molar-refractivity contribution is 14.0. The minimum absolute atomic E-state index is 0. The molecule has 2 amide bonds. The summed E-state index contributed by atoms with van der Waals surface area (Å²) in [5.41, 5.74) is 2.68. The maximum atomic E-state index is 12.1. The van der Waals surface area contributed by atoms with Gasteiger partial charge >= 0.3 is 0 Å². The highest BCUT2D eigenvalue weighted by atomic mass is 127. The number of guanidine groups is 1. The van der Waals surface area contributed by atoms with Gasteiger partial charge in [-0.15, -0.1) is 24.0 Å². The van der Waals surface area contributed by atoms with E-state index in [1.807, 2.05) is 32.0 Å². The van der Waals surface area contributed by atoms with Gasteiger partial charge in [0.05, 0.1) is 6.54 Å². The Morgan fingerprint density at radius 1 is 1.06 bits per heavy atom. The third kappa shape index (κ3) is 9.33. The molecule has 8 nitrogen and oxygen atoms in total. The number of rotatable bonds is 8. The van der Waals surface area contributed by atoms with Crippen LogP contribution in [0.1, 0.15) is 34.8 Å². The van der Waals surface area contributed by atoms with E-state index < -0.39 is 0 Å². The Kier molecular flexibility index (Phi) is 11.5. The molecule has 0 fully saturated rings. The molecular formula is C22H31IN6O2. The molecule has 9 heteroatoms. The van der Waals surface area contributed by atoms with Gasteiger partial charge in [0.2, 0.25) is 5.91 Å². The Balaban J connectivity index is 0.00000480. The summed E-state index contributed by atoms with van der Waals surface area (Å²) in [6.45, 7) is 5.54. The number of amides is 2. The van der Waals surface area contributed by atoms with E-state index in [1.165, 1.54) is 0 Å². The van der Waals surface area contributed by atoms with Gasteiger partial charge in [-0.2, -0.15) is 0 Å². The van der Waals surface area contributed by atoms with Crippen molar-refractivity contribution in [2.24, 2.45) is 4.99 Å². The summed E-state index contributed by atoms with van der Waals surface area (Å²) in [5, 5.41) is 9.09. The molecule has 1 aromatic carbocycles. The molecule has 0 spiro atoms. The Morgan fingerprint density at radius 3 is 2.35 bits per heavy atom. The van der Waals surface area contributed by atoms with Crippen LogP contribution in [0.3, 0.4) is 0 Å². The molecule has 1 heterocycles. The second-order valence-electron chi connectivity index (χ2n) is 7.04. The molecule has 0 bridgehead atoms. The highest BCUT2D eigenvalue weighted by Crippen LogP contribution is 2.08. The molecule has 0 saturated carbocycles. The molecule has 31 heavy (non-hydrogen) atoms. The Labute approximate surface area is 200 Å². The van der Waals surface area contributed by atoms with Crippen LogP contribution < -0.4 is 16.0 Å². The predicted octanol–water partition coefficient (Wildman–Crippen LogP) is 2.79. The molecule has 1 aromatic heterocycles. The van der Waals surface area contributed by atoms with Crippen LogP contribution in [0.2, 0.25) is 0 Å². The number of halogens is 1. The molecule has 2 rings (SSSR count). The van der Waals surface area contributed by atoms with Crippen LogP contribution >= 0.6 is 24.0 Å². The fraction of sp³-hybridized carbons (Fsp3) is 0.364. The van der Waals surface area contributed by atoms with Crippen molar-refractivity contribution in [3.8, 4) is 0 Å². The maximum absolute atomic E-state index is 12.1. The number of benzene rings is 1. The molecule has 0 unspecified atom stereocenters.